The highest BCUT2D eigenvalue weighted by Gasteiger charge is 2.32. The molecule has 3 unspecified atom stereocenters. The molecule has 4 aliphatic rings. The molecule has 0 saturated heterocycles. The molecule has 0 aromatic rings. The first-order valence-electron chi connectivity index (χ1n) is 25.5. The van der Waals surface area contributed by atoms with Crippen molar-refractivity contribution >= 4 is 11.9 Å². The first kappa shape index (κ1) is 54.2. The van der Waals surface area contributed by atoms with Crippen LogP contribution in [0.15, 0.2) is 25.3 Å². The third-order valence-corrected chi connectivity index (χ3v) is 13.3. The molecule has 0 aliphatic heterocycles. The van der Waals surface area contributed by atoms with Crippen molar-refractivity contribution in [3.63, 3.8) is 0 Å². The van der Waals surface area contributed by atoms with Crippen molar-refractivity contribution in [1.29, 1.82) is 0 Å². The number of carbonyl (C=O) groups is 2. The molecule has 0 aromatic carbocycles. The second kappa shape index (κ2) is 34.9. The fraction of sp³-hybridized carbons (Fsp3) is 0.846. The summed E-state index contributed by atoms with van der Waals surface area (Å²) in [5, 5.41) is 0. The molecule has 0 amide bonds. The third-order valence-electron chi connectivity index (χ3n) is 13.3. The molecule has 0 heterocycles. The normalized spacial score (nSPS) is 27.2. The van der Waals surface area contributed by atoms with E-state index in [1.165, 1.54) is 6.08 Å². The van der Waals surface area contributed by atoms with Crippen molar-refractivity contribution < 1.29 is 57.2 Å². The number of alkyl halides is 1. The van der Waals surface area contributed by atoms with Crippen LogP contribution < -0.4 is 0 Å². The Morgan fingerprint density at radius 3 is 1.66 bits per heavy atom. The van der Waals surface area contributed by atoms with Crippen LogP contribution in [0.1, 0.15) is 180 Å². The van der Waals surface area contributed by atoms with E-state index in [9.17, 15) is 9.59 Å². The van der Waals surface area contributed by atoms with E-state index >= 15 is 4.39 Å². The Hall–Kier alpha value is -2.37. The molecule has 4 saturated carbocycles. The molecule has 4 rings (SSSR count). The molecular weight excluding hydrogens is 820 g/mol. The van der Waals surface area contributed by atoms with Crippen LogP contribution in [0.5, 0.6) is 0 Å². The average Bonchev–Trinajstić information content (AvgIpc) is 3.31. The summed E-state index contributed by atoms with van der Waals surface area (Å²) < 4.78 is 44.2. The lowest BCUT2D eigenvalue weighted by Gasteiger charge is -2.31. The molecule has 0 spiro atoms. The van der Waals surface area contributed by atoms with Crippen LogP contribution in [0.4, 0.5) is 4.39 Å². The van der Waals surface area contributed by atoms with E-state index in [4.69, 9.17) is 43.2 Å². The summed E-state index contributed by atoms with van der Waals surface area (Å²) in [6.45, 7) is 11.3. The Balaban J connectivity index is 0.899. The predicted octanol–water partition coefficient (Wildman–Crippen LogP) is 11.4. The molecule has 64 heavy (non-hydrogen) atoms. The lowest BCUT2D eigenvalue weighted by Crippen LogP contribution is -2.33. The van der Waals surface area contributed by atoms with Crippen LogP contribution in [0, 0.1) is 29.6 Å². The summed E-state index contributed by atoms with van der Waals surface area (Å²) >= 11 is 0. The van der Waals surface area contributed by atoms with E-state index in [-0.39, 0.29) is 30.1 Å². The van der Waals surface area contributed by atoms with Crippen molar-refractivity contribution in [3.05, 3.63) is 25.3 Å². The minimum Gasteiger partial charge on any atom is -0.463 e. The summed E-state index contributed by atoms with van der Waals surface area (Å²) in [7, 11) is 0. The number of carbonyl (C=O) groups excluding carboxylic acids is 2. The maximum atomic E-state index is 15.1. The Morgan fingerprint density at radius 1 is 0.547 bits per heavy atom. The van der Waals surface area contributed by atoms with Gasteiger partial charge in [0.2, 0.25) is 0 Å². The van der Waals surface area contributed by atoms with Gasteiger partial charge in [0.05, 0.1) is 38.1 Å². The van der Waals surface area contributed by atoms with E-state index < -0.39 is 12.3 Å². The van der Waals surface area contributed by atoms with Crippen LogP contribution >= 0.6 is 0 Å². The molecule has 4 fully saturated rings. The maximum Gasteiger partial charge on any atom is 0.330 e. The van der Waals surface area contributed by atoms with Gasteiger partial charge in [0.15, 0.2) is 0 Å². The topological polar surface area (TPSA) is 117 Å². The fourth-order valence-electron chi connectivity index (χ4n) is 9.22. The minimum atomic E-state index is -1.05. The molecule has 0 bridgehead atoms. The van der Waals surface area contributed by atoms with Crippen LogP contribution in [0.25, 0.3) is 0 Å². The Labute approximate surface area is 385 Å². The predicted molar refractivity (Wildman–Crippen MR) is 246 cm³/mol. The first-order valence-corrected chi connectivity index (χ1v) is 25.5. The molecule has 366 valence electrons. The number of hydrogen-bond acceptors (Lipinski definition) is 11. The Morgan fingerprint density at radius 2 is 1.06 bits per heavy atom. The first-order chi connectivity index (χ1) is 31.4. The largest absolute Gasteiger partial charge is 0.463 e. The molecular formula is C52H85FO11. The van der Waals surface area contributed by atoms with E-state index in [1.54, 1.807) is 6.08 Å². The number of hydrogen-bond donors (Lipinski definition) is 0. The van der Waals surface area contributed by atoms with Gasteiger partial charge >= 0.3 is 11.9 Å². The van der Waals surface area contributed by atoms with Gasteiger partial charge in [0, 0.05) is 44.2 Å². The number of rotatable bonds is 33. The van der Waals surface area contributed by atoms with Crippen LogP contribution in [-0.4, -0.2) is 94.9 Å². The number of unbranched alkanes of at least 4 members (excludes halogenated alkanes) is 9. The smallest absolute Gasteiger partial charge is 0.330 e. The lowest BCUT2D eigenvalue weighted by atomic mass is 9.84. The van der Waals surface area contributed by atoms with Gasteiger partial charge in [-0.15, -0.1) is 6.58 Å². The molecule has 11 nitrogen and oxygen atoms in total. The van der Waals surface area contributed by atoms with E-state index in [0.29, 0.717) is 69.7 Å². The Kier molecular flexibility index (Phi) is 29.6. The van der Waals surface area contributed by atoms with E-state index in [1.807, 2.05) is 0 Å². The van der Waals surface area contributed by atoms with Crippen LogP contribution in [-0.2, 0) is 52.8 Å². The molecule has 4 aliphatic carbocycles. The van der Waals surface area contributed by atoms with Gasteiger partial charge in [-0.05, 0) is 147 Å². The number of halogens is 1. The van der Waals surface area contributed by atoms with Gasteiger partial charge < -0.3 is 23.7 Å². The van der Waals surface area contributed by atoms with Gasteiger partial charge in [-0.1, -0.05) is 56.6 Å². The Bertz CT molecular complexity index is 1300. The van der Waals surface area contributed by atoms with Gasteiger partial charge in [-0.3, -0.25) is 4.79 Å². The number of esters is 2. The summed E-state index contributed by atoms with van der Waals surface area (Å²) in [4.78, 5) is 44.7. The monoisotopic (exact) mass is 905 g/mol. The van der Waals surface area contributed by atoms with Crippen molar-refractivity contribution in [2.45, 2.75) is 216 Å². The van der Waals surface area contributed by atoms with Crippen LogP contribution in [0.3, 0.4) is 0 Å². The van der Waals surface area contributed by atoms with E-state index in [2.05, 4.69) is 25.0 Å². The third kappa shape index (κ3) is 25.0. The summed E-state index contributed by atoms with van der Waals surface area (Å²) in [6.07, 6.45) is 28.7. The second-order valence-corrected chi connectivity index (χ2v) is 18.6. The molecule has 0 aromatic heterocycles. The molecule has 0 radical (unpaired) electrons. The zero-order valence-corrected chi connectivity index (χ0v) is 39.4. The van der Waals surface area contributed by atoms with Crippen molar-refractivity contribution in [1.82, 2.24) is 0 Å². The lowest BCUT2D eigenvalue weighted by molar-refractivity contribution is -0.344. The SMILES string of the molecule is C=CCOOCCCCCCOC1CCC(COOC2CCC(C#CC3CCC(OCCCCCCC(=O)OC4CCC(OCCCCCCOC(=O)C=C)CC4)CC3)CC2F)CC1. The van der Waals surface area contributed by atoms with E-state index in [0.717, 1.165) is 180 Å². The summed E-state index contributed by atoms with van der Waals surface area (Å²) in [5.41, 5.74) is 0. The zero-order chi connectivity index (χ0) is 45.3. The van der Waals surface area contributed by atoms with Crippen molar-refractivity contribution in [2.24, 2.45) is 17.8 Å². The molecule has 3 atom stereocenters. The minimum absolute atomic E-state index is 0.0177. The van der Waals surface area contributed by atoms with Crippen molar-refractivity contribution in [2.75, 3.05) is 46.2 Å². The van der Waals surface area contributed by atoms with Gasteiger partial charge in [0.1, 0.15) is 25.0 Å². The molecule has 12 heteroatoms. The fourth-order valence-corrected chi connectivity index (χ4v) is 9.22. The van der Waals surface area contributed by atoms with Crippen LogP contribution in [0.2, 0.25) is 0 Å². The highest BCUT2D eigenvalue weighted by Crippen LogP contribution is 2.32. The standard InChI is InChI=1S/C52H85FO11/c1-3-34-60-61-39-16-10-9-14-36-57-46-27-22-44(23-28-46)41-62-64-50-33-24-43(40-49(50)53)19-18-42-20-25-45(26-21-42)56-35-12-6-5-11-17-52(55)63-48-31-29-47(30-32-48)58-37-13-7-8-15-38-59-51(54)4-2/h3-4,42-50H,1-2,5-17,20-41H2. The highest BCUT2D eigenvalue weighted by atomic mass is 19.1. The summed E-state index contributed by atoms with van der Waals surface area (Å²) in [6, 6.07) is 0. The number of ether oxygens (including phenoxy) is 5. The molecule has 0 N–H and O–H groups in total. The second-order valence-electron chi connectivity index (χ2n) is 18.6. The highest BCUT2D eigenvalue weighted by molar-refractivity contribution is 5.81. The summed E-state index contributed by atoms with van der Waals surface area (Å²) in [5.74, 6) is 7.37. The van der Waals surface area contributed by atoms with Gasteiger partial charge in [0.25, 0.3) is 0 Å². The van der Waals surface area contributed by atoms with Gasteiger partial charge in [-0.25, -0.2) is 28.7 Å². The maximum absolute atomic E-state index is 15.1. The zero-order valence-electron chi connectivity index (χ0n) is 39.4. The average molecular weight is 905 g/mol. The van der Waals surface area contributed by atoms with Crippen molar-refractivity contribution in [3.8, 4) is 11.8 Å². The quantitative estimate of drug-likeness (QED) is 0.0119. The van der Waals surface area contributed by atoms with Gasteiger partial charge in [-0.2, -0.15) is 0 Å².